The zero-order valence-corrected chi connectivity index (χ0v) is 25.6. The van der Waals surface area contributed by atoms with Crippen LogP contribution in [0.1, 0.15) is 29.3 Å². The highest BCUT2D eigenvalue weighted by atomic mass is 19.1. The lowest BCUT2D eigenvalue weighted by Gasteiger charge is -2.22. The quantitative estimate of drug-likeness (QED) is 0.139. The van der Waals surface area contributed by atoms with Gasteiger partial charge in [0.25, 0.3) is 5.91 Å². The molecule has 10 heteroatoms. The van der Waals surface area contributed by atoms with Crippen LogP contribution >= 0.6 is 0 Å². The molecule has 0 aliphatic rings. The van der Waals surface area contributed by atoms with Gasteiger partial charge in [0.1, 0.15) is 41.5 Å². The van der Waals surface area contributed by atoms with Gasteiger partial charge in [-0.25, -0.2) is 13.3 Å². The predicted octanol–water partition coefficient (Wildman–Crippen LogP) is 5.79. The molecule has 0 fully saturated rings. The summed E-state index contributed by atoms with van der Waals surface area (Å²) in [4.78, 5) is 28.8. The number of anilines is 1. The van der Waals surface area contributed by atoms with Crippen LogP contribution in [0.3, 0.4) is 0 Å². The van der Waals surface area contributed by atoms with Gasteiger partial charge in [-0.15, -0.1) is 0 Å². The van der Waals surface area contributed by atoms with E-state index < -0.39 is 23.0 Å². The molecule has 0 spiro atoms. The maximum absolute atomic E-state index is 14.1. The second-order valence-corrected chi connectivity index (χ2v) is 10.5. The summed E-state index contributed by atoms with van der Waals surface area (Å²) in [5, 5.41) is 0.254. The van der Waals surface area contributed by atoms with Crippen molar-refractivity contribution >= 4 is 22.5 Å². The van der Waals surface area contributed by atoms with E-state index in [1.807, 2.05) is 24.0 Å². The average molecular weight is 615 g/mol. The van der Waals surface area contributed by atoms with E-state index in [1.165, 1.54) is 26.0 Å². The first-order chi connectivity index (χ1) is 21.7. The first kappa shape index (κ1) is 31.2. The van der Waals surface area contributed by atoms with Crippen molar-refractivity contribution < 1.29 is 32.4 Å². The number of methoxy groups -OCH3 is 2. The molecule has 0 saturated carbocycles. The number of aromatic nitrogens is 2. The Balaban J connectivity index is 1.55. The number of nitrogens with zero attached hydrogens (tertiary/aromatic N) is 3. The molecule has 2 aromatic heterocycles. The van der Waals surface area contributed by atoms with E-state index in [9.17, 15) is 18.4 Å². The fourth-order valence-electron chi connectivity index (χ4n) is 5.14. The minimum Gasteiger partial charge on any atom is -0.497 e. The molecule has 3 aromatic carbocycles. The van der Waals surface area contributed by atoms with Crippen molar-refractivity contribution in [2.45, 2.75) is 19.8 Å². The van der Waals surface area contributed by atoms with Crippen LogP contribution in [0.15, 0.2) is 90.1 Å². The van der Waals surface area contributed by atoms with Gasteiger partial charge < -0.3 is 23.7 Å². The lowest BCUT2D eigenvalue weighted by atomic mass is 10.1. The Morgan fingerprint density at radius 1 is 0.889 bits per heavy atom. The summed E-state index contributed by atoms with van der Waals surface area (Å²) in [5.41, 5.74) is 1.54. The number of rotatable bonds is 11. The molecule has 0 aliphatic heterocycles. The summed E-state index contributed by atoms with van der Waals surface area (Å²) in [5.74, 6) is -0.813. The summed E-state index contributed by atoms with van der Waals surface area (Å²) in [6.45, 7) is 2.18. The van der Waals surface area contributed by atoms with Crippen LogP contribution in [-0.2, 0) is 13.5 Å². The van der Waals surface area contributed by atoms with Crippen molar-refractivity contribution in [1.82, 2.24) is 4.57 Å². The molecule has 0 unspecified atom stereocenters. The van der Waals surface area contributed by atoms with Gasteiger partial charge in [-0.1, -0.05) is 0 Å². The van der Waals surface area contributed by atoms with E-state index >= 15 is 0 Å². The van der Waals surface area contributed by atoms with Crippen molar-refractivity contribution in [2.24, 2.45) is 7.05 Å². The third-order valence-electron chi connectivity index (χ3n) is 7.47. The Morgan fingerprint density at radius 2 is 1.58 bits per heavy atom. The van der Waals surface area contributed by atoms with Crippen molar-refractivity contribution in [1.29, 1.82) is 0 Å². The molecule has 232 valence electrons. The van der Waals surface area contributed by atoms with E-state index in [2.05, 4.69) is 12.1 Å². The maximum Gasteiger partial charge on any atom is 0.263 e. The van der Waals surface area contributed by atoms with Crippen LogP contribution in [0.5, 0.6) is 17.2 Å². The van der Waals surface area contributed by atoms with E-state index in [1.54, 1.807) is 47.9 Å². The fraction of sp³-hybridized carbons (Fsp3) is 0.229. The number of benzene rings is 3. The highest BCUT2D eigenvalue weighted by molar-refractivity contribution is 6.07. The second-order valence-electron chi connectivity index (χ2n) is 10.5. The SMILES string of the molecule is CCN(C(=O)c1cn(-c2cc(OC)cc(OCCCc3cc[n+](C)cc3)c2)c2cc(OC)ccc2c1=O)c1cc(F)cc(F)c1. The van der Waals surface area contributed by atoms with Gasteiger partial charge in [0.2, 0.25) is 5.43 Å². The first-order valence-electron chi connectivity index (χ1n) is 14.5. The molecule has 0 radical (unpaired) electrons. The molecule has 0 atom stereocenters. The lowest BCUT2D eigenvalue weighted by molar-refractivity contribution is -0.671. The number of aryl methyl sites for hydroxylation is 2. The number of fused-ring (bicyclic) bond motifs is 1. The van der Waals surface area contributed by atoms with Crippen molar-refractivity contribution in [3.05, 3.63) is 118 Å². The highest BCUT2D eigenvalue weighted by Crippen LogP contribution is 2.30. The zero-order valence-electron chi connectivity index (χ0n) is 25.6. The molecule has 5 aromatic rings. The Bertz CT molecular complexity index is 1890. The van der Waals surface area contributed by atoms with Crippen molar-refractivity contribution in [3.8, 4) is 22.9 Å². The number of hydrogen-bond acceptors (Lipinski definition) is 5. The Morgan fingerprint density at radius 3 is 2.24 bits per heavy atom. The number of hydrogen-bond donors (Lipinski definition) is 0. The number of carbonyl (C=O) groups is 1. The number of pyridine rings is 2. The van der Waals surface area contributed by atoms with Gasteiger partial charge in [0.15, 0.2) is 12.4 Å². The molecule has 0 aliphatic carbocycles. The lowest BCUT2D eigenvalue weighted by Crippen LogP contribution is -2.35. The largest absolute Gasteiger partial charge is 0.497 e. The predicted molar refractivity (Wildman–Crippen MR) is 168 cm³/mol. The minimum atomic E-state index is -0.832. The topological polar surface area (TPSA) is 73.9 Å². The standard InChI is InChI=1S/C35H34F2N3O5/c1-5-39(26-16-24(36)15-25(37)17-26)35(42)32-22-40(33-21-28(43-3)8-9-31(33)34(32)41)27-18-29(44-4)20-30(19-27)45-14-6-7-23-10-12-38(2)13-11-23/h8-13,15-22H,5-7,14H2,1-4H3/q+1. The fourth-order valence-corrected chi connectivity index (χ4v) is 5.14. The van der Waals surface area contributed by atoms with Crippen LogP contribution in [0, 0.1) is 11.6 Å². The average Bonchev–Trinajstić information content (AvgIpc) is 3.03. The molecule has 0 N–H and O–H groups in total. The van der Waals surface area contributed by atoms with Crippen LogP contribution in [0.2, 0.25) is 0 Å². The third kappa shape index (κ3) is 6.95. The van der Waals surface area contributed by atoms with Gasteiger partial charge in [0, 0.05) is 66.3 Å². The van der Waals surface area contributed by atoms with E-state index in [-0.39, 0.29) is 23.2 Å². The monoisotopic (exact) mass is 614 g/mol. The summed E-state index contributed by atoms with van der Waals surface area (Å²) >= 11 is 0. The molecule has 0 saturated heterocycles. The summed E-state index contributed by atoms with van der Waals surface area (Å²) in [6, 6.07) is 17.2. The van der Waals surface area contributed by atoms with Crippen LogP contribution in [0.4, 0.5) is 14.5 Å². The molecule has 8 nitrogen and oxygen atoms in total. The second kappa shape index (κ2) is 13.6. The molecule has 1 amide bonds. The zero-order chi connectivity index (χ0) is 32.1. The van der Waals surface area contributed by atoms with Crippen molar-refractivity contribution in [3.63, 3.8) is 0 Å². The Hall–Kier alpha value is -5.25. The minimum absolute atomic E-state index is 0.00207. The third-order valence-corrected chi connectivity index (χ3v) is 7.47. The van der Waals surface area contributed by atoms with Gasteiger partial charge >= 0.3 is 0 Å². The van der Waals surface area contributed by atoms with E-state index in [4.69, 9.17) is 14.2 Å². The molecule has 45 heavy (non-hydrogen) atoms. The van der Waals surface area contributed by atoms with Gasteiger partial charge in [-0.3, -0.25) is 9.59 Å². The first-order valence-corrected chi connectivity index (χ1v) is 14.5. The number of ether oxygens (including phenoxy) is 3. The molecule has 5 rings (SSSR count). The normalized spacial score (nSPS) is 11.0. The number of halogens is 2. The Kier molecular flexibility index (Phi) is 9.42. The van der Waals surface area contributed by atoms with Crippen LogP contribution in [-0.4, -0.2) is 37.8 Å². The molecule has 2 heterocycles. The number of amides is 1. The van der Waals surface area contributed by atoms with Gasteiger partial charge in [-0.2, -0.15) is 0 Å². The van der Waals surface area contributed by atoms with Gasteiger partial charge in [0.05, 0.1) is 32.0 Å². The van der Waals surface area contributed by atoms with Crippen LogP contribution < -0.4 is 29.1 Å². The molecular weight excluding hydrogens is 580 g/mol. The summed E-state index contributed by atoms with van der Waals surface area (Å²) in [6.07, 6.45) is 7.06. The molecule has 0 bridgehead atoms. The van der Waals surface area contributed by atoms with E-state index in [0.717, 1.165) is 35.9 Å². The smallest absolute Gasteiger partial charge is 0.263 e. The number of carbonyl (C=O) groups excluding carboxylic acids is 1. The van der Waals surface area contributed by atoms with Crippen LogP contribution in [0.25, 0.3) is 16.6 Å². The highest BCUT2D eigenvalue weighted by Gasteiger charge is 2.23. The summed E-state index contributed by atoms with van der Waals surface area (Å²) in [7, 11) is 5.03. The van der Waals surface area contributed by atoms with Gasteiger partial charge in [-0.05, 0) is 49.6 Å². The Labute approximate surface area is 259 Å². The molecular formula is C35H34F2N3O5+. The maximum atomic E-state index is 14.1. The van der Waals surface area contributed by atoms with Crippen molar-refractivity contribution in [2.75, 3.05) is 32.3 Å². The summed E-state index contributed by atoms with van der Waals surface area (Å²) < 4.78 is 48.9. The van der Waals surface area contributed by atoms with E-state index in [0.29, 0.717) is 35.1 Å².